The Kier molecular flexibility index (Phi) is 6.23. The summed E-state index contributed by atoms with van der Waals surface area (Å²) in [7, 11) is 0. The summed E-state index contributed by atoms with van der Waals surface area (Å²) in [6, 6.07) is 9.98. The van der Waals surface area contributed by atoms with Gasteiger partial charge in [-0.2, -0.15) is 13.2 Å². The van der Waals surface area contributed by atoms with Crippen molar-refractivity contribution in [2.24, 2.45) is 0 Å². The number of urea groups is 1. The number of nitrogens with one attached hydrogen (secondary N) is 1. The molecule has 2 amide bonds. The summed E-state index contributed by atoms with van der Waals surface area (Å²) < 4.78 is 50.1. The number of nitrogens with zero attached hydrogens (tertiary/aromatic N) is 3. The van der Waals surface area contributed by atoms with Crippen LogP contribution in [0.25, 0.3) is 11.3 Å². The fraction of sp³-hybridized carbons (Fsp3) is 0.423. The van der Waals surface area contributed by atoms with Crippen molar-refractivity contribution in [1.29, 1.82) is 0 Å². The van der Waals surface area contributed by atoms with Crippen molar-refractivity contribution in [1.82, 2.24) is 15.0 Å². The van der Waals surface area contributed by atoms with Gasteiger partial charge in [-0.05, 0) is 56.9 Å². The van der Waals surface area contributed by atoms with Gasteiger partial charge in [0.25, 0.3) is 0 Å². The molecular weight excluding hydrogens is 473 g/mol. The van der Waals surface area contributed by atoms with E-state index in [0.717, 1.165) is 53.9 Å². The van der Waals surface area contributed by atoms with Gasteiger partial charge >= 0.3 is 12.2 Å². The first-order chi connectivity index (χ1) is 17.1. The zero-order valence-electron chi connectivity index (χ0n) is 20.1. The topological polar surface area (TPSA) is 80.5 Å². The number of anilines is 1. The molecule has 2 aliphatic heterocycles. The Morgan fingerprint density at radius 3 is 2.58 bits per heavy atom. The van der Waals surface area contributed by atoms with E-state index in [2.05, 4.69) is 15.5 Å². The number of aromatic nitrogens is 2. The van der Waals surface area contributed by atoms with E-state index >= 15 is 0 Å². The average Bonchev–Trinajstić information content (AvgIpc) is 3.42. The van der Waals surface area contributed by atoms with Crippen molar-refractivity contribution < 1.29 is 27.2 Å². The molecule has 7 nitrogen and oxygen atoms in total. The zero-order valence-corrected chi connectivity index (χ0v) is 20.1. The van der Waals surface area contributed by atoms with Crippen molar-refractivity contribution in [3.8, 4) is 11.3 Å². The lowest BCUT2D eigenvalue weighted by Crippen LogP contribution is -2.47. The number of hydrogen-bond acceptors (Lipinski definition) is 5. The highest BCUT2D eigenvalue weighted by molar-refractivity contribution is 5.88. The smallest absolute Gasteiger partial charge is 0.374 e. The van der Waals surface area contributed by atoms with E-state index in [-0.39, 0.29) is 17.6 Å². The molecule has 0 aliphatic carbocycles. The van der Waals surface area contributed by atoms with Crippen LogP contribution in [-0.4, -0.2) is 46.4 Å². The Balaban J connectivity index is 1.21. The Hall–Kier alpha value is -3.40. The predicted molar refractivity (Wildman–Crippen MR) is 127 cm³/mol. The van der Waals surface area contributed by atoms with E-state index < -0.39 is 11.7 Å². The maximum Gasteiger partial charge on any atom is 0.417 e. The van der Waals surface area contributed by atoms with E-state index in [9.17, 15) is 18.0 Å². The van der Waals surface area contributed by atoms with E-state index in [1.807, 2.05) is 38.1 Å². The zero-order chi connectivity index (χ0) is 25.5. The summed E-state index contributed by atoms with van der Waals surface area (Å²) in [6.07, 6.45) is -1.26. The van der Waals surface area contributed by atoms with Crippen molar-refractivity contribution >= 4 is 11.9 Å². The summed E-state index contributed by atoms with van der Waals surface area (Å²) in [5.74, 6) is 0.539. The number of likely N-dealkylation sites (tertiary alicyclic amines) is 1. The number of carbonyl (C=O) groups excluding carboxylic acids is 1. The minimum absolute atomic E-state index is 0.166. The lowest BCUT2D eigenvalue weighted by molar-refractivity contribution is -0.137. The minimum Gasteiger partial charge on any atom is -0.374 e. The Labute approximate surface area is 206 Å². The van der Waals surface area contributed by atoms with Gasteiger partial charge in [-0.25, -0.2) is 4.79 Å². The van der Waals surface area contributed by atoms with Gasteiger partial charge in [0.2, 0.25) is 5.88 Å². The monoisotopic (exact) mass is 500 g/mol. The number of carbonyl (C=O) groups is 1. The van der Waals surface area contributed by atoms with Crippen LogP contribution in [0.4, 0.5) is 23.8 Å². The maximum absolute atomic E-state index is 12.9. The molecule has 0 radical (unpaired) electrons. The fourth-order valence-electron chi connectivity index (χ4n) is 4.92. The van der Waals surface area contributed by atoms with Crippen molar-refractivity contribution in [2.75, 3.05) is 25.0 Å². The second-order valence-electron chi connectivity index (χ2n) is 9.59. The van der Waals surface area contributed by atoms with Crippen LogP contribution < -0.4 is 5.32 Å². The summed E-state index contributed by atoms with van der Waals surface area (Å²) in [5.41, 5.74) is 2.84. The van der Waals surface area contributed by atoms with Crippen LogP contribution in [0.3, 0.4) is 0 Å². The molecule has 2 fully saturated rings. The molecule has 4 heterocycles. The molecule has 1 spiro atoms. The van der Waals surface area contributed by atoms with Gasteiger partial charge in [0.05, 0.1) is 29.2 Å². The summed E-state index contributed by atoms with van der Waals surface area (Å²) in [5, 5.41) is 6.67. The normalized spacial score (nSPS) is 19.6. The predicted octanol–water partition coefficient (Wildman–Crippen LogP) is 5.94. The molecule has 10 heteroatoms. The Morgan fingerprint density at radius 2 is 1.94 bits per heavy atom. The molecule has 1 unspecified atom stereocenters. The molecule has 36 heavy (non-hydrogen) atoms. The number of ether oxygens (including phenoxy) is 1. The molecule has 2 saturated heterocycles. The van der Waals surface area contributed by atoms with E-state index in [1.54, 1.807) is 4.90 Å². The first-order valence-electron chi connectivity index (χ1n) is 11.9. The highest BCUT2D eigenvalue weighted by atomic mass is 19.4. The molecular formula is C26H27F3N4O3. The van der Waals surface area contributed by atoms with E-state index in [4.69, 9.17) is 9.26 Å². The quantitative estimate of drug-likeness (QED) is 0.481. The first-order valence-corrected chi connectivity index (χ1v) is 11.9. The summed E-state index contributed by atoms with van der Waals surface area (Å²) >= 11 is 0. The molecule has 1 aromatic carbocycles. The maximum atomic E-state index is 12.9. The molecule has 2 aliphatic rings. The fourth-order valence-corrected chi connectivity index (χ4v) is 4.92. The number of pyridine rings is 1. The summed E-state index contributed by atoms with van der Waals surface area (Å²) in [4.78, 5) is 18.5. The lowest BCUT2D eigenvalue weighted by atomic mass is 9.83. The van der Waals surface area contributed by atoms with Crippen LogP contribution in [0.5, 0.6) is 0 Å². The van der Waals surface area contributed by atoms with Crippen LogP contribution >= 0.6 is 0 Å². The molecule has 1 N–H and O–H groups in total. The van der Waals surface area contributed by atoms with Gasteiger partial charge in [0.15, 0.2) is 0 Å². The number of piperidine rings is 1. The number of alkyl halides is 3. The third-order valence-electron chi connectivity index (χ3n) is 7.29. The van der Waals surface area contributed by atoms with Gasteiger partial charge < -0.3 is 14.2 Å². The number of rotatable bonds is 3. The largest absolute Gasteiger partial charge is 0.417 e. The number of amides is 2. The molecule has 0 bridgehead atoms. The molecule has 190 valence electrons. The molecule has 3 aromatic rings. The second-order valence-corrected chi connectivity index (χ2v) is 9.59. The van der Waals surface area contributed by atoms with Crippen molar-refractivity contribution in [2.45, 2.75) is 50.8 Å². The highest BCUT2D eigenvalue weighted by Crippen LogP contribution is 2.43. The van der Waals surface area contributed by atoms with Gasteiger partial charge in [-0.3, -0.25) is 10.3 Å². The van der Waals surface area contributed by atoms with Crippen LogP contribution in [0.2, 0.25) is 0 Å². The second kappa shape index (κ2) is 9.24. The van der Waals surface area contributed by atoms with Gasteiger partial charge in [-0.15, -0.1) is 0 Å². The molecule has 5 rings (SSSR count). The standard InChI is InChI=1S/C26H27F3N4O3/c1-16-17(2)32-36-23(16)31-24(34)33-10-8-25(9-11-33)13-20(15-35-25)18-4-3-5-19(12-18)22-7-6-21(14-30-22)26(27,28)29/h3-7,12,14,20H,8-11,13,15H2,1-2H3,(H,31,34). The first kappa shape index (κ1) is 24.3. The van der Waals surface area contributed by atoms with Crippen molar-refractivity contribution in [3.05, 3.63) is 65.0 Å². The van der Waals surface area contributed by atoms with E-state index in [0.29, 0.717) is 31.3 Å². The number of halogens is 3. The SMILES string of the molecule is Cc1noc(NC(=O)N2CCC3(CC2)CC(c2cccc(-c4ccc(C(F)(F)F)cn4)c2)CO3)c1C. The summed E-state index contributed by atoms with van der Waals surface area (Å²) in [6.45, 7) is 5.37. The third kappa shape index (κ3) is 4.82. The van der Waals surface area contributed by atoms with Crippen LogP contribution in [0.1, 0.15) is 47.6 Å². The van der Waals surface area contributed by atoms with Gasteiger partial charge in [0, 0.05) is 36.3 Å². The highest BCUT2D eigenvalue weighted by Gasteiger charge is 2.44. The third-order valence-corrected chi connectivity index (χ3v) is 7.29. The molecule has 0 saturated carbocycles. The van der Waals surface area contributed by atoms with Crippen LogP contribution in [0.15, 0.2) is 47.1 Å². The van der Waals surface area contributed by atoms with Gasteiger partial charge in [-0.1, -0.05) is 23.4 Å². The molecule has 1 atom stereocenters. The lowest BCUT2D eigenvalue weighted by Gasteiger charge is -2.38. The minimum atomic E-state index is -4.41. The van der Waals surface area contributed by atoms with E-state index in [1.165, 1.54) is 6.07 Å². The Bertz CT molecular complexity index is 1250. The average molecular weight is 501 g/mol. The molecule has 2 aromatic heterocycles. The van der Waals surface area contributed by atoms with Crippen LogP contribution in [-0.2, 0) is 10.9 Å². The number of aryl methyl sites for hydroxylation is 1. The van der Waals surface area contributed by atoms with Crippen LogP contribution in [0, 0.1) is 13.8 Å². The number of benzene rings is 1. The number of hydrogen-bond donors (Lipinski definition) is 1. The van der Waals surface area contributed by atoms with Crippen molar-refractivity contribution in [3.63, 3.8) is 0 Å². The Morgan fingerprint density at radius 1 is 1.17 bits per heavy atom. The van der Waals surface area contributed by atoms with Gasteiger partial charge in [0.1, 0.15) is 0 Å².